The van der Waals surface area contributed by atoms with E-state index in [1.165, 1.54) is 0 Å². The Morgan fingerprint density at radius 2 is 2.24 bits per heavy atom. The zero-order valence-electron chi connectivity index (χ0n) is 8.88. The van der Waals surface area contributed by atoms with Crippen LogP contribution in [0.5, 0.6) is 5.75 Å². The average molecular weight is 254 g/mol. The van der Waals surface area contributed by atoms with Crippen LogP contribution in [0.25, 0.3) is 10.9 Å². The molecule has 4 N–H and O–H groups in total. The fourth-order valence-electron chi connectivity index (χ4n) is 1.58. The van der Waals surface area contributed by atoms with Gasteiger partial charge >= 0.3 is 0 Å². The number of nitrogen functional groups attached to an aromatic ring is 1. The second kappa shape index (κ2) is 4.76. The van der Waals surface area contributed by atoms with Crippen LogP contribution < -0.4 is 5.73 Å². The lowest BCUT2D eigenvalue weighted by molar-refractivity contribution is -0.432. The molecule has 0 aliphatic rings. The van der Waals surface area contributed by atoms with E-state index in [1.807, 2.05) is 0 Å². The van der Waals surface area contributed by atoms with Crippen molar-refractivity contribution in [3.05, 3.63) is 23.9 Å². The summed E-state index contributed by atoms with van der Waals surface area (Å²) in [4.78, 5) is 4.53. The molecule has 90 valence electrons. The van der Waals surface area contributed by atoms with Crippen LogP contribution in [0, 0.1) is 6.92 Å². The molecule has 2 aromatic rings. The summed E-state index contributed by atoms with van der Waals surface area (Å²) in [7, 11) is 0. The van der Waals surface area contributed by atoms with Gasteiger partial charge in [0.25, 0.3) is 0 Å². The molecule has 1 aromatic heterocycles. The SMILES string of the molecule is Cc1c(SOOO)c(N)c2cccnc2c1O. The molecule has 0 spiro atoms. The molecule has 0 bridgehead atoms. The van der Waals surface area contributed by atoms with Crippen LogP contribution in [-0.4, -0.2) is 15.3 Å². The first kappa shape index (κ1) is 11.9. The number of rotatable bonds is 3. The van der Waals surface area contributed by atoms with Crippen molar-refractivity contribution >= 4 is 28.6 Å². The highest BCUT2D eigenvalue weighted by Gasteiger charge is 2.16. The Balaban J connectivity index is 2.68. The van der Waals surface area contributed by atoms with E-state index in [0.717, 1.165) is 12.0 Å². The van der Waals surface area contributed by atoms with Gasteiger partial charge in [0.05, 0.1) is 22.6 Å². The summed E-state index contributed by atoms with van der Waals surface area (Å²) < 4.78 is 4.35. The van der Waals surface area contributed by atoms with Gasteiger partial charge in [0.2, 0.25) is 0 Å². The van der Waals surface area contributed by atoms with Gasteiger partial charge in [-0.2, -0.15) is 0 Å². The van der Waals surface area contributed by atoms with E-state index < -0.39 is 0 Å². The Morgan fingerprint density at radius 3 is 2.94 bits per heavy atom. The van der Waals surface area contributed by atoms with E-state index in [4.69, 9.17) is 11.0 Å². The largest absolute Gasteiger partial charge is 0.505 e. The zero-order chi connectivity index (χ0) is 12.4. The minimum Gasteiger partial charge on any atom is -0.505 e. The van der Waals surface area contributed by atoms with Gasteiger partial charge in [0, 0.05) is 17.1 Å². The van der Waals surface area contributed by atoms with Gasteiger partial charge in [0.1, 0.15) is 11.3 Å². The molecule has 0 aliphatic carbocycles. The maximum Gasteiger partial charge on any atom is 0.146 e. The third-order valence-corrected chi connectivity index (χ3v) is 3.23. The van der Waals surface area contributed by atoms with Crippen molar-refractivity contribution in [2.75, 3.05) is 5.73 Å². The van der Waals surface area contributed by atoms with Crippen molar-refractivity contribution in [1.29, 1.82) is 0 Å². The van der Waals surface area contributed by atoms with Gasteiger partial charge in [-0.05, 0) is 19.1 Å². The minimum absolute atomic E-state index is 0.0267. The van der Waals surface area contributed by atoms with E-state index >= 15 is 0 Å². The molecule has 0 saturated carbocycles. The lowest BCUT2D eigenvalue weighted by atomic mass is 10.1. The highest BCUT2D eigenvalue weighted by molar-refractivity contribution is 7.94. The predicted octanol–water partition coefficient (Wildman–Crippen LogP) is 2.26. The number of nitrogens with zero attached hydrogens (tertiary/aromatic N) is 1. The zero-order valence-corrected chi connectivity index (χ0v) is 9.69. The number of hydrogen-bond donors (Lipinski definition) is 3. The Morgan fingerprint density at radius 1 is 1.47 bits per heavy atom. The molecule has 0 fully saturated rings. The summed E-state index contributed by atoms with van der Waals surface area (Å²) in [5.74, 6) is 0.0267. The number of pyridine rings is 1. The summed E-state index contributed by atoms with van der Waals surface area (Å²) >= 11 is 0.718. The third-order valence-electron chi connectivity index (χ3n) is 2.41. The summed E-state index contributed by atoms with van der Waals surface area (Å²) in [6.07, 6.45) is 1.57. The molecule has 1 aromatic carbocycles. The molecule has 0 unspecified atom stereocenters. The predicted molar refractivity (Wildman–Crippen MR) is 63.2 cm³/mol. The van der Waals surface area contributed by atoms with Crippen molar-refractivity contribution in [2.24, 2.45) is 0 Å². The smallest absolute Gasteiger partial charge is 0.146 e. The van der Waals surface area contributed by atoms with Crippen LogP contribution >= 0.6 is 12.0 Å². The maximum absolute atomic E-state index is 9.97. The average Bonchev–Trinajstić information content (AvgIpc) is 2.36. The minimum atomic E-state index is 0.0267. The normalized spacial score (nSPS) is 10.9. The van der Waals surface area contributed by atoms with Gasteiger partial charge in [-0.3, -0.25) is 4.98 Å². The first-order chi connectivity index (χ1) is 8.16. The molecule has 1 heterocycles. The molecule has 0 atom stereocenters. The number of nitrogens with two attached hydrogens (primary N) is 1. The molecular weight excluding hydrogens is 244 g/mol. The number of aromatic nitrogens is 1. The second-order valence-corrected chi connectivity index (χ2v) is 4.05. The molecule has 17 heavy (non-hydrogen) atoms. The number of phenolic OH excluding ortho intramolecular Hbond substituents is 1. The highest BCUT2D eigenvalue weighted by atomic mass is 32.2. The van der Waals surface area contributed by atoms with E-state index in [9.17, 15) is 5.11 Å². The molecule has 7 heteroatoms. The van der Waals surface area contributed by atoms with Crippen LogP contribution in [0.1, 0.15) is 5.56 Å². The number of anilines is 1. The summed E-state index contributed by atoms with van der Waals surface area (Å²) in [5, 5.41) is 22.2. The third kappa shape index (κ3) is 2.01. The Bertz CT molecular complexity index is 561. The van der Waals surface area contributed by atoms with Crippen molar-refractivity contribution < 1.29 is 19.7 Å². The molecule has 0 saturated heterocycles. The Kier molecular flexibility index (Phi) is 3.34. The van der Waals surface area contributed by atoms with E-state index in [1.54, 1.807) is 25.3 Å². The van der Waals surface area contributed by atoms with E-state index in [-0.39, 0.29) is 5.75 Å². The number of fused-ring (bicyclic) bond motifs is 1. The quantitative estimate of drug-likeness (QED) is 0.254. The first-order valence-corrected chi connectivity index (χ1v) is 5.41. The van der Waals surface area contributed by atoms with E-state index in [2.05, 4.69) is 14.4 Å². The van der Waals surface area contributed by atoms with Crippen molar-refractivity contribution in [2.45, 2.75) is 11.8 Å². The second-order valence-electron chi connectivity index (χ2n) is 3.34. The molecular formula is C10H10N2O4S. The van der Waals surface area contributed by atoms with Gasteiger partial charge < -0.3 is 10.8 Å². The maximum atomic E-state index is 9.97. The number of aromatic hydroxyl groups is 1. The molecule has 0 amide bonds. The number of phenols is 1. The van der Waals surface area contributed by atoms with Crippen molar-refractivity contribution in [1.82, 2.24) is 4.98 Å². The summed E-state index contributed by atoms with van der Waals surface area (Å²) in [6, 6.07) is 3.45. The molecule has 2 rings (SSSR count). The highest BCUT2D eigenvalue weighted by Crippen LogP contribution is 2.40. The lowest BCUT2D eigenvalue weighted by Gasteiger charge is -2.12. The van der Waals surface area contributed by atoms with Crippen LogP contribution in [-0.2, 0) is 9.37 Å². The van der Waals surface area contributed by atoms with Crippen LogP contribution in [0.15, 0.2) is 23.2 Å². The van der Waals surface area contributed by atoms with Crippen molar-refractivity contribution in [3.8, 4) is 5.75 Å². The van der Waals surface area contributed by atoms with Gasteiger partial charge in [0.15, 0.2) is 0 Å². The topological polar surface area (TPSA) is 97.8 Å². The standard InChI is InChI=1S/C10H10N2O4S/c1-5-9(13)8-6(3-2-4-12-8)7(11)10(5)17-16-15-14/h2-4,13-14H,11H2,1H3. The fraction of sp³-hybridized carbons (Fsp3) is 0.100. The summed E-state index contributed by atoms with van der Waals surface area (Å²) in [5.41, 5.74) is 7.29. The van der Waals surface area contributed by atoms with Gasteiger partial charge in [-0.25, -0.2) is 5.26 Å². The molecule has 6 nitrogen and oxygen atoms in total. The first-order valence-electron chi connectivity index (χ1n) is 4.67. The van der Waals surface area contributed by atoms with Crippen LogP contribution in [0.4, 0.5) is 5.69 Å². The lowest BCUT2D eigenvalue weighted by Crippen LogP contribution is -1.96. The van der Waals surface area contributed by atoms with Gasteiger partial charge in [-0.15, -0.1) is 4.33 Å². The Labute approximate surface area is 101 Å². The fourth-order valence-corrected chi connectivity index (χ4v) is 2.10. The molecule has 0 aliphatic heterocycles. The molecule has 0 radical (unpaired) electrons. The summed E-state index contributed by atoms with van der Waals surface area (Å²) in [6.45, 7) is 1.67. The van der Waals surface area contributed by atoms with Crippen LogP contribution in [0.3, 0.4) is 0 Å². The van der Waals surface area contributed by atoms with E-state index in [0.29, 0.717) is 27.0 Å². The Hall–Kier alpha value is -1.54. The van der Waals surface area contributed by atoms with Gasteiger partial charge in [-0.1, -0.05) is 5.04 Å². The number of benzene rings is 1. The monoisotopic (exact) mass is 254 g/mol. The van der Waals surface area contributed by atoms with Crippen LogP contribution in [0.2, 0.25) is 0 Å². The number of hydrogen-bond acceptors (Lipinski definition) is 7. The van der Waals surface area contributed by atoms with Crippen molar-refractivity contribution in [3.63, 3.8) is 0 Å².